The fraction of sp³-hybridized carbons (Fsp3) is 0.0857. The smallest absolute Gasteiger partial charge is 0.160 e. The Balaban J connectivity index is 1.00. The Hall–Kier alpha value is -9.12. The van der Waals surface area contributed by atoms with Gasteiger partial charge in [-0.25, -0.2) is 9.97 Å². The van der Waals surface area contributed by atoms with Crippen molar-refractivity contribution in [2.45, 2.75) is 38.5 Å². The molecule has 10 aromatic carbocycles. The summed E-state index contributed by atoms with van der Waals surface area (Å²) in [4.78, 5) is 15.4. The summed E-state index contributed by atoms with van der Waals surface area (Å²) in [5, 5.41) is 0. The molecule has 2 aliphatic heterocycles. The summed E-state index contributed by atoms with van der Waals surface area (Å²) in [7, 11) is 0. The number of hydrogen-bond donors (Lipinski definition) is 0. The van der Waals surface area contributed by atoms with Crippen LogP contribution < -0.4 is 9.80 Å². The fourth-order valence-electron chi connectivity index (χ4n) is 12.8. The molecule has 0 radical (unpaired) electrons. The predicted molar refractivity (Wildman–Crippen MR) is 304 cm³/mol. The summed E-state index contributed by atoms with van der Waals surface area (Å²) < 4.78 is 0. The zero-order valence-corrected chi connectivity index (χ0v) is 41.9. The molecule has 0 unspecified atom stereocenters. The highest BCUT2D eigenvalue weighted by Crippen LogP contribution is 2.68. The molecule has 74 heavy (non-hydrogen) atoms. The largest absolute Gasteiger partial charge is 0.310 e. The lowest BCUT2D eigenvalue weighted by molar-refractivity contribution is 0.606. The molecule has 0 atom stereocenters. The Morgan fingerprint density at radius 1 is 0.270 bits per heavy atom. The molecule has 0 bridgehead atoms. The van der Waals surface area contributed by atoms with Crippen LogP contribution in [0.1, 0.15) is 66.8 Å². The molecule has 3 heterocycles. The second-order valence-corrected chi connectivity index (χ2v) is 20.4. The average Bonchev–Trinajstić information content (AvgIpc) is 3.47. The van der Waals surface area contributed by atoms with Gasteiger partial charge in [0.05, 0.1) is 45.0 Å². The third-order valence-electron chi connectivity index (χ3n) is 15.9. The van der Waals surface area contributed by atoms with Gasteiger partial charge in [-0.1, -0.05) is 198 Å². The van der Waals surface area contributed by atoms with E-state index in [0.29, 0.717) is 5.82 Å². The molecule has 14 rings (SSSR count). The minimum absolute atomic E-state index is 0.659. The van der Waals surface area contributed by atoms with Crippen molar-refractivity contribution in [3.8, 4) is 33.9 Å². The Morgan fingerprint density at radius 3 is 0.932 bits per heavy atom. The summed E-state index contributed by atoms with van der Waals surface area (Å²) in [6.07, 6.45) is 0. The van der Waals surface area contributed by atoms with Gasteiger partial charge in [0.25, 0.3) is 0 Å². The van der Waals surface area contributed by atoms with Crippen molar-refractivity contribution in [2.75, 3.05) is 9.80 Å². The predicted octanol–water partition coefficient (Wildman–Crippen LogP) is 17.4. The van der Waals surface area contributed by atoms with E-state index in [0.717, 1.165) is 50.8 Å². The average molecular weight is 949 g/mol. The summed E-state index contributed by atoms with van der Waals surface area (Å²) >= 11 is 0. The zero-order valence-electron chi connectivity index (χ0n) is 41.9. The number of para-hydroxylation sites is 1. The van der Waals surface area contributed by atoms with Crippen molar-refractivity contribution in [1.29, 1.82) is 0 Å². The summed E-state index contributed by atoms with van der Waals surface area (Å²) in [6, 6.07) is 89.9. The van der Waals surface area contributed by atoms with Crippen LogP contribution in [0.15, 0.2) is 243 Å². The van der Waals surface area contributed by atoms with E-state index in [9.17, 15) is 0 Å². The molecule has 0 saturated carbocycles. The third kappa shape index (κ3) is 6.34. The van der Waals surface area contributed by atoms with Gasteiger partial charge in [0.15, 0.2) is 5.82 Å². The molecule has 2 spiro atoms. The van der Waals surface area contributed by atoms with E-state index < -0.39 is 10.8 Å². The second kappa shape index (κ2) is 16.7. The normalized spacial score (nSPS) is 14.1. The van der Waals surface area contributed by atoms with Gasteiger partial charge in [0.1, 0.15) is 0 Å². The number of aromatic nitrogens is 2. The lowest BCUT2D eigenvalue weighted by atomic mass is 9.48. The fourth-order valence-corrected chi connectivity index (χ4v) is 12.8. The molecule has 0 saturated heterocycles. The monoisotopic (exact) mass is 948 g/mol. The van der Waals surface area contributed by atoms with Crippen LogP contribution in [-0.4, -0.2) is 9.97 Å². The molecule has 0 amide bonds. The van der Waals surface area contributed by atoms with Crippen LogP contribution in [0.5, 0.6) is 0 Å². The minimum atomic E-state index is -0.693. The van der Waals surface area contributed by atoms with Gasteiger partial charge < -0.3 is 9.80 Å². The first-order valence-electron chi connectivity index (χ1n) is 25.7. The molecule has 0 N–H and O–H groups in total. The first-order valence-corrected chi connectivity index (χ1v) is 25.7. The maximum Gasteiger partial charge on any atom is 0.160 e. The van der Waals surface area contributed by atoms with E-state index in [1.165, 1.54) is 78.1 Å². The zero-order chi connectivity index (χ0) is 49.7. The Kier molecular flexibility index (Phi) is 9.87. The van der Waals surface area contributed by atoms with Gasteiger partial charge in [-0.3, -0.25) is 0 Å². The number of nitrogens with zero attached hydrogens (tertiary/aromatic N) is 4. The molecular formula is C70H52N4. The highest BCUT2D eigenvalue weighted by Gasteiger charge is 2.59. The molecule has 1 aliphatic carbocycles. The molecule has 4 nitrogen and oxygen atoms in total. The van der Waals surface area contributed by atoms with Crippen LogP contribution in [-0.2, 0) is 10.8 Å². The van der Waals surface area contributed by atoms with E-state index in [-0.39, 0.29) is 0 Å². The van der Waals surface area contributed by atoms with Gasteiger partial charge in [-0.2, -0.15) is 0 Å². The Bertz CT molecular complexity index is 3790. The van der Waals surface area contributed by atoms with Crippen molar-refractivity contribution in [2.24, 2.45) is 0 Å². The number of fused-ring (bicyclic) bond motifs is 14. The van der Waals surface area contributed by atoms with E-state index in [4.69, 9.17) is 9.97 Å². The maximum atomic E-state index is 5.20. The van der Waals surface area contributed by atoms with Crippen LogP contribution in [0.2, 0.25) is 0 Å². The minimum Gasteiger partial charge on any atom is -0.310 e. The Labute approximate surface area is 433 Å². The number of aryl methyl sites for hydroxylation is 4. The van der Waals surface area contributed by atoms with Crippen molar-refractivity contribution in [3.05, 3.63) is 309 Å². The molecule has 4 heteroatoms. The van der Waals surface area contributed by atoms with Crippen LogP contribution in [0.25, 0.3) is 33.9 Å². The Morgan fingerprint density at radius 2 is 0.581 bits per heavy atom. The van der Waals surface area contributed by atoms with Gasteiger partial charge >= 0.3 is 0 Å². The molecule has 1 aromatic heterocycles. The number of rotatable bonds is 5. The van der Waals surface area contributed by atoms with Crippen LogP contribution >= 0.6 is 0 Å². The maximum absolute atomic E-state index is 5.20. The molecule has 352 valence electrons. The van der Waals surface area contributed by atoms with E-state index in [1.54, 1.807) is 0 Å². The molecule has 3 aliphatic rings. The molecular weight excluding hydrogens is 897 g/mol. The highest BCUT2D eigenvalue weighted by atomic mass is 15.2. The topological polar surface area (TPSA) is 32.3 Å². The van der Waals surface area contributed by atoms with E-state index >= 15 is 0 Å². The van der Waals surface area contributed by atoms with Crippen molar-refractivity contribution in [3.63, 3.8) is 0 Å². The molecule has 11 aromatic rings. The van der Waals surface area contributed by atoms with E-state index in [2.05, 4.69) is 268 Å². The van der Waals surface area contributed by atoms with Crippen LogP contribution in [0, 0.1) is 27.7 Å². The van der Waals surface area contributed by atoms with Gasteiger partial charge in [-0.15, -0.1) is 0 Å². The van der Waals surface area contributed by atoms with Crippen molar-refractivity contribution < 1.29 is 0 Å². The standard InChI is InChI=1S/C70H52N4/c1-45-28-36-64-58(40-45)69(59-41-46(2)29-37-65(59)73(64)52-22-12-7-13-23-52)54-24-14-16-26-56(54)70(57-27-17-15-25-55(57)69)60-42-47(3)30-38-66(60)74(67-39-31-48(4)43-61(67)70)53-34-32-51(33-35-53)68-71-62(49-18-8-5-9-19-49)44-63(72-68)50-20-10-6-11-21-50/h5-44H,1-4H3. The summed E-state index contributed by atoms with van der Waals surface area (Å²) in [6.45, 7) is 8.97. The van der Waals surface area contributed by atoms with Crippen LogP contribution in [0.4, 0.5) is 34.1 Å². The molecule has 0 fully saturated rings. The lowest BCUT2D eigenvalue weighted by Crippen LogP contribution is -2.49. The second-order valence-electron chi connectivity index (χ2n) is 20.4. The number of benzene rings is 10. The first kappa shape index (κ1) is 43.7. The number of anilines is 6. The van der Waals surface area contributed by atoms with Crippen LogP contribution in [0.3, 0.4) is 0 Å². The third-order valence-corrected chi connectivity index (χ3v) is 15.9. The highest BCUT2D eigenvalue weighted by molar-refractivity contribution is 5.96. The number of hydrogen-bond acceptors (Lipinski definition) is 4. The van der Waals surface area contributed by atoms with E-state index in [1.807, 2.05) is 12.1 Å². The quantitative estimate of drug-likeness (QED) is 0.172. The lowest BCUT2D eigenvalue weighted by Gasteiger charge is -2.56. The van der Waals surface area contributed by atoms with Crippen molar-refractivity contribution >= 4 is 34.1 Å². The van der Waals surface area contributed by atoms with Gasteiger partial charge in [0.2, 0.25) is 0 Å². The summed E-state index contributed by atoms with van der Waals surface area (Å²) in [5.41, 5.74) is 25.6. The van der Waals surface area contributed by atoms with Gasteiger partial charge in [0, 0.05) is 28.1 Å². The SMILES string of the molecule is Cc1ccc2c(c1)C1(c3cc(C)ccc3N2c2ccccc2)c2ccccc2C2(c3cc(C)ccc3N(c3ccc(-c4nc(-c5ccccc5)cc(-c5ccccc5)n4)cc3)c3ccc(C)cc32)c2ccccc21. The van der Waals surface area contributed by atoms with Gasteiger partial charge in [-0.05, 0) is 139 Å². The summed E-state index contributed by atoms with van der Waals surface area (Å²) in [5.74, 6) is 0.689. The van der Waals surface area contributed by atoms with Crippen molar-refractivity contribution in [1.82, 2.24) is 9.97 Å². The first-order chi connectivity index (χ1) is 36.3.